The number of aryl methyl sites for hydroxylation is 1. The van der Waals surface area contributed by atoms with Crippen LogP contribution in [0, 0.1) is 6.92 Å². The molecule has 1 heterocycles. The molecule has 0 spiro atoms. The number of carbonyl (C=O) groups is 1. The van der Waals surface area contributed by atoms with E-state index >= 15 is 0 Å². The SMILES string of the molecule is Cc1ccc(S(=O)(=O)N2CCOCC2)cc1NC(=O)COc1ccccc1Cc1ccccc1. The van der Waals surface area contributed by atoms with E-state index in [0.29, 0.717) is 44.2 Å². The Morgan fingerprint density at radius 1 is 1.00 bits per heavy atom. The molecule has 1 saturated heterocycles. The molecule has 0 radical (unpaired) electrons. The molecule has 1 aliphatic heterocycles. The van der Waals surface area contributed by atoms with Gasteiger partial charge in [0.15, 0.2) is 6.61 Å². The Hall–Kier alpha value is -3.20. The zero-order valence-electron chi connectivity index (χ0n) is 19.1. The van der Waals surface area contributed by atoms with E-state index in [-0.39, 0.29) is 17.4 Å². The molecule has 0 atom stereocenters. The van der Waals surface area contributed by atoms with Crippen LogP contribution in [-0.4, -0.2) is 51.5 Å². The quantitative estimate of drug-likeness (QED) is 0.532. The number of ether oxygens (including phenoxy) is 2. The van der Waals surface area contributed by atoms with Crippen molar-refractivity contribution >= 4 is 21.6 Å². The van der Waals surface area contributed by atoms with Gasteiger partial charge in [0.1, 0.15) is 5.75 Å². The van der Waals surface area contributed by atoms with Crippen LogP contribution in [0.15, 0.2) is 77.7 Å². The molecule has 0 bridgehead atoms. The highest BCUT2D eigenvalue weighted by Crippen LogP contribution is 2.24. The lowest BCUT2D eigenvalue weighted by Gasteiger charge is -2.26. The molecule has 3 aromatic rings. The lowest BCUT2D eigenvalue weighted by atomic mass is 10.0. The van der Waals surface area contributed by atoms with Crippen LogP contribution in [0.4, 0.5) is 5.69 Å². The minimum absolute atomic E-state index is 0.143. The number of hydrogen-bond donors (Lipinski definition) is 1. The third kappa shape index (κ3) is 5.83. The van der Waals surface area contributed by atoms with Gasteiger partial charge in [-0.25, -0.2) is 8.42 Å². The molecule has 7 nitrogen and oxygen atoms in total. The van der Waals surface area contributed by atoms with Gasteiger partial charge in [0.2, 0.25) is 10.0 Å². The topological polar surface area (TPSA) is 84.9 Å². The minimum Gasteiger partial charge on any atom is -0.483 e. The van der Waals surface area contributed by atoms with E-state index in [0.717, 1.165) is 16.7 Å². The average molecular weight is 481 g/mol. The van der Waals surface area contributed by atoms with Crippen molar-refractivity contribution in [2.24, 2.45) is 0 Å². The molecule has 0 aromatic heterocycles. The first-order chi connectivity index (χ1) is 16.4. The third-order valence-corrected chi connectivity index (χ3v) is 7.55. The number of nitrogens with one attached hydrogen (secondary N) is 1. The van der Waals surface area contributed by atoms with Gasteiger partial charge in [0.05, 0.1) is 18.1 Å². The highest BCUT2D eigenvalue weighted by atomic mass is 32.2. The van der Waals surface area contributed by atoms with Crippen molar-refractivity contribution in [3.63, 3.8) is 0 Å². The van der Waals surface area contributed by atoms with Crippen LogP contribution < -0.4 is 10.1 Å². The van der Waals surface area contributed by atoms with E-state index in [4.69, 9.17) is 9.47 Å². The van der Waals surface area contributed by atoms with Crippen LogP contribution in [0.3, 0.4) is 0 Å². The van der Waals surface area contributed by atoms with Gasteiger partial charge in [-0.05, 0) is 41.8 Å². The normalized spacial score (nSPS) is 14.5. The van der Waals surface area contributed by atoms with Gasteiger partial charge in [-0.1, -0.05) is 54.6 Å². The first-order valence-electron chi connectivity index (χ1n) is 11.2. The lowest BCUT2D eigenvalue weighted by Crippen LogP contribution is -2.40. The molecule has 8 heteroatoms. The third-order valence-electron chi connectivity index (χ3n) is 5.66. The summed E-state index contributed by atoms with van der Waals surface area (Å²) >= 11 is 0. The molecule has 34 heavy (non-hydrogen) atoms. The maximum absolute atomic E-state index is 13.0. The molecule has 0 saturated carbocycles. The molecule has 1 fully saturated rings. The minimum atomic E-state index is -3.66. The van der Waals surface area contributed by atoms with E-state index in [9.17, 15) is 13.2 Å². The summed E-state index contributed by atoms with van der Waals surface area (Å²) in [4.78, 5) is 12.8. The fourth-order valence-corrected chi connectivity index (χ4v) is 5.20. The maximum Gasteiger partial charge on any atom is 0.262 e. The van der Waals surface area contributed by atoms with Crippen molar-refractivity contribution in [1.29, 1.82) is 0 Å². The smallest absolute Gasteiger partial charge is 0.262 e. The van der Waals surface area contributed by atoms with Gasteiger partial charge in [-0.2, -0.15) is 4.31 Å². The predicted octanol–water partition coefficient (Wildman–Crippen LogP) is 3.62. The molecule has 1 N–H and O–H groups in total. The Balaban J connectivity index is 1.43. The summed E-state index contributed by atoms with van der Waals surface area (Å²) in [6, 6.07) is 22.4. The Morgan fingerprint density at radius 2 is 1.71 bits per heavy atom. The number of rotatable bonds is 8. The standard InChI is InChI=1S/C26H28N2O5S/c1-20-11-12-23(34(30,31)28-13-15-32-16-14-28)18-24(20)27-26(29)19-33-25-10-6-5-9-22(25)17-21-7-3-2-4-8-21/h2-12,18H,13-17,19H2,1H3,(H,27,29). The number of benzene rings is 3. The van der Waals surface area contributed by atoms with E-state index < -0.39 is 10.0 Å². The van der Waals surface area contributed by atoms with E-state index in [1.807, 2.05) is 61.5 Å². The van der Waals surface area contributed by atoms with Gasteiger partial charge in [-0.15, -0.1) is 0 Å². The summed E-state index contributed by atoms with van der Waals surface area (Å²) in [5.74, 6) is 0.278. The summed E-state index contributed by atoms with van der Waals surface area (Å²) in [5, 5.41) is 2.79. The second-order valence-corrected chi connectivity index (χ2v) is 10.0. The van der Waals surface area contributed by atoms with Gasteiger partial charge in [-0.3, -0.25) is 4.79 Å². The number of anilines is 1. The number of nitrogens with zero attached hydrogens (tertiary/aromatic N) is 1. The molecular weight excluding hydrogens is 452 g/mol. The second-order valence-electron chi connectivity index (χ2n) is 8.10. The van der Waals surface area contributed by atoms with E-state index in [2.05, 4.69) is 5.32 Å². The zero-order valence-corrected chi connectivity index (χ0v) is 19.9. The summed E-state index contributed by atoms with van der Waals surface area (Å²) in [6.45, 7) is 3.00. The van der Waals surface area contributed by atoms with Crippen LogP contribution in [0.5, 0.6) is 5.75 Å². The number of hydrogen-bond acceptors (Lipinski definition) is 5. The van der Waals surface area contributed by atoms with E-state index in [1.54, 1.807) is 12.1 Å². The average Bonchev–Trinajstić information content (AvgIpc) is 2.86. The summed E-state index contributed by atoms with van der Waals surface area (Å²) in [7, 11) is -3.66. The van der Waals surface area contributed by atoms with Crippen LogP contribution in [0.1, 0.15) is 16.7 Å². The van der Waals surface area contributed by atoms with Crippen LogP contribution in [-0.2, 0) is 26.0 Å². The van der Waals surface area contributed by atoms with Crippen molar-refractivity contribution in [1.82, 2.24) is 4.31 Å². The van der Waals surface area contributed by atoms with Gasteiger partial charge in [0, 0.05) is 25.2 Å². The fraction of sp³-hybridized carbons (Fsp3) is 0.269. The molecular formula is C26H28N2O5S. The van der Waals surface area contributed by atoms with Crippen LogP contribution in [0.2, 0.25) is 0 Å². The first-order valence-corrected chi connectivity index (χ1v) is 12.6. The van der Waals surface area contributed by atoms with Crippen molar-refractivity contribution in [3.05, 3.63) is 89.5 Å². The molecule has 4 rings (SSSR count). The number of morpholine rings is 1. The van der Waals surface area contributed by atoms with Gasteiger partial charge >= 0.3 is 0 Å². The van der Waals surface area contributed by atoms with Crippen molar-refractivity contribution in [2.75, 3.05) is 38.2 Å². The number of sulfonamides is 1. The molecule has 1 aliphatic rings. The summed E-state index contributed by atoms with van der Waals surface area (Å²) < 4.78 is 38.4. The second kappa shape index (κ2) is 10.8. The van der Waals surface area contributed by atoms with Crippen LogP contribution in [0.25, 0.3) is 0 Å². The predicted molar refractivity (Wildman–Crippen MR) is 131 cm³/mol. The Kier molecular flexibility index (Phi) is 7.62. The molecule has 0 unspecified atom stereocenters. The Bertz CT molecular complexity index is 1240. The highest BCUT2D eigenvalue weighted by Gasteiger charge is 2.27. The highest BCUT2D eigenvalue weighted by molar-refractivity contribution is 7.89. The van der Waals surface area contributed by atoms with Crippen molar-refractivity contribution < 1.29 is 22.7 Å². The zero-order chi connectivity index (χ0) is 24.0. The number of para-hydroxylation sites is 1. The van der Waals surface area contributed by atoms with Gasteiger partial charge < -0.3 is 14.8 Å². The monoisotopic (exact) mass is 480 g/mol. The fourth-order valence-electron chi connectivity index (χ4n) is 3.77. The van der Waals surface area contributed by atoms with Crippen molar-refractivity contribution in [2.45, 2.75) is 18.2 Å². The first kappa shape index (κ1) is 23.9. The molecule has 178 valence electrons. The van der Waals surface area contributed by atoms with Crippen molar-refractivity contribution in [3.8, 4) is 5.75 Å². The molecule has 1 amide bonds. The maximum atomic E-state index is 13.0. The van der Waals surface area contributed by atoms with Gasteiger partial charge in [0.25, 0.3) is 5.91 Å². The summed E-state index contributed by atoms with van der Waals surface area (Å²) in [5.41, 5.74) is 3.34. The number of amides is 1. The Morgan fingerprint density at radius 3 is 2.47 bits per heavy atom. The largest absolute Gasteiger partial charge is 0.483 e. The number of carbonyl (C=O) groups excluding carboxylic acids is 1. The Labute approximate surface area is 200 Å². The van der Waals surface area contributed by atoms with Crippen LogP contribution >= 0.6 is 0 Å². The molecule has 0 aliphatic carbocycles. The summed E-state index contributed by atoms with van der Waals surface area (Å²) in [6.07, 6.45) is 0.694. The van der Waals surface area contributed by atoms with E-state index in [1.165, 1.54) is 10.4 Å². The molecule has 3 aromatic carbocycles. The lowest BCUT2D eigenvalue weighted by molar-refractivity contribution is -0.118.